The van der Waals surface area contributed by atoms with E-state index in [9.17, 15) is 12.8 Å². The molecular weight excluding hydrogens is 309 g/mol. The minimum Gasteiger partial charge on any atom is -0.297 e. The van der Waals surface area contributed by atoms with Gasteiger partial charge in [0, 0.05) is 24.1 Å². The van der Waals surface area contributed by atoms with E-state index in [1.165, 1.54) is 12.1 Å². The molecule has 0 atom stereocenters. The summed E-state index contributed by atoms with van der Waals surface area (Å²) in [5.74, 6) is 0.117. The second kappa shape index (κ2) is 5.04. The standard InChI is InChI=1S/C11H13BrFNO2S/c12-10-5-9(6-11(13)7-10)8-14-1-3-17(15,16)4-2-14/h5-7H,1-4,8H2. The molecule has 0 aliphatic carbocycles. The quantitative estimate of drug-likeness (QED) is 0.833. The Hall–Kier alpha value is -0.460. The Morgan fingerprint density at radius 1 is 1.24 bits per heavy atom. The molecule has 0 N–H and O–H groups in total. The Kier molecular flexibility index (Phi) is 3.85. The van der Waals surface area contributed by atoms with E-state index in [1.54, 1.807) is 0 Å². The Bertz CT molecular complexity index is 484. The van der Waals surface area contributed by atoms with Gasteiger partial charge in [0.2, 0.25) is 0 Å². The highest BCUT2D eigenvalue weighted by molar-refractivity contribution is 9.10. The molecule has 1 aliphatic rings. The highest BCUT2D eigenvalue weighted by Crippen LogP contribution is 2.17. The van der Waals surface area contributed by atoms with Crippen molar-refractivity contribution in [1.82, 2.24) is 4.90 Å². The maximum Gasteiger partial charge on any atom is 0.152 e. The van der Waals surface area contributed by atoms with Crippen LogP contribution < -0.4 is 0 Å². The zero-order chi connectivity index (χ0) is 12.5. The molecule has 1 aliphatic heterocycles. The van der Waals surface area contributed by atoms with Crippen molar-refractivity contribution < 1.29 is 12.8 Å². The lowest BCUT2D eigenvalue weighted by molar-refractivity contribution is 0.287. The highest BCUT2D eigenvalue weighted by atomic mass is 79.9. The molecule has 1 heterocycles. The summed E-state index contributed by atoms with van der Waals surface area (Å²) in [6.45, 7) is 1.64. The molecule has 94 valence electrons. The molecule has 17 heavy (non-hydrogen) atoms. The zero-order valence-electron chi connectivity index (χ0n) is 9.20. The summed E-state index contributed by atoms with van der Waals surface area (Å²) in [6, 6.07) is 4.74. The first-order valence-electron chi connectivity index (χ1n) is 5.32. The van der Waals surface area contributed by atoms with Gasteiger partial charge in [-0.05, 0) is 23.8 Å². The van der Waals surface area contributed by atoms with E-state index in [0.717, 1.165) is 5.56 Å². The van der Waals surface area contributed by atoms with E-state index < -0.39 is 9.84 Å². The zero-order valence-corrected chi connectivity index (χ0v) is 11.6. The lowest BCUT2D eigenvalue weighted by Crippen LogP contribution is -2.39. The maximum atomic E-state index is 13.2. The van der Waals surface area contributed by atoms with Gasteiger partial charge in [-0.15, -0.1) is 0 Å². The summed E-state index contributed by atoms with van der Waals surface area (Å²) in [6.07, 6.45) is 0. The molecule has 0 bridgehead atoms. The van der Waals surface area contributed by atoms with Gasteiger partial charge in [0.15, 0.2) is 9.84 Å². The second-order valence-corrected chi connectivity index (χ2v) is 7.42. The summed E-state index contributed by atoms with van der Waals surface area (Å²) in [4.78, 5) is 2.03. The minimum atomic E-state index is -2.85. The number of benzene rings is 1. The van der Waals surface area contributed by atoms with Crippen LogP contribution in [0.25, 0.3) is 0 Å². The van der Waals surface area contributed by atoms with E-state index in [-0.39, 0.29) is 17.3 Å². The molecule has 2 rings (SSSR count). The van der Waals surface area contributed by atoms with Crippen LogP contribution in [-0.4, -0.2) is 37.9 Å². The van der Waals surface area contributed by atoms with Crippen molar-refractivity contribution in [2.75, 3.05) is 24.6 Å². The van der Waals surface area contributed by atoms with Crippen LogP contribution in [0.2, 0.25) is 0 Å². The van der Waals surface area contributed by atoms with Gasteiger partial charge in [-0.3, -0.25) is 4.90 Å². The topological polar surface area (TPSA) is 37.4 Å². The lowest BCUT2D eigenvalue weighted by Gasteiger charge is -2.26. The van der Waals surface area contributed by atoms with Crippen LogP contribution in [0, 0.1) is 5.82 Å². The van der Waals surface area contributed by atoms with Gasteiger partial charge >= 0.3 is 0 Å². The first-order chi connectivity index (χ1) is 7.94. The first kappa shape index (κ1) is 13.0. The maximum absolute atomic E-state index is 13.2. The molecule has 0 spiro atoms. The van der Waals surface area contributed by atoms with E-state index in [0.29, 0.717) is 24.1 Å². The van der Waals surface area contributed by atoms with Crippen LogP contribution in [0.5, 0.6) is 0 Å². The summed E-state index contributed by atoms with van der Waals surface area (Å²) in [5.41, 5.74) is 0.858. The molecule has 1 saturated heterocycles. The molecule has 0 aromatic heterocycles. The SMILES string of the molecule is O=S1(=O)CCN(Cc2cc(F)cc(Br)c2)CC1. The molecule has 3 nitrogen and oxygen atoms in total. The molecule has 0 unspecified atom stereocenters. The molecule has 0 radical (unpaired) electrons. The molecular formula is C11H13BrFNO2S. The van der Waals surface area contributed by atoms with Crippen molar-refractivity contribution in [3.8, 4) is 0 Å². The Morgan fingerprint density at radius 2 is 1.88 bits per heavy atom. The summed E-state index contributed by atoms with van der Waals surface area (Å²) < 4.78 is 36.4. The predicted molar refractivity (Wildman–Crippen MR) is 68.0 cm³/mol. The van der Waals surface area contributed by atoms with Crippen LogP contribution in [0.15, 0.2) is 22.7 Å². The Balaban J connectivity index is 2.02. The van der Waals surface area contributed by atoms with E-state index >= 15 is 0 Å². The third-order valence-corrected chi connectivity index (χ3v) is 4.83. The summed E-state index contributed by atoms with van der Waals surface area (Å²) in [5, 5.41) is 0. The number of hydrogen-bond donors (Lipinski definition) is 0. The van der Waals surface area contributed by atoms with Crippen molar-refractivity contribution in [3.05, 3.63) is 34.1 Å². The fourth-order valence-electron chi connectivity index (χ4n) is 1.87. The number of rotatable bonds is 2. The van der Waals surface area contributed by atoms with Crippen molar-refractivity contribution in [2.24, 2.45) is 0 Å². The number of hydrogen-bond acceptors (Lipinski definition) is 3. The smallest absolute Gasteiger partial charge is 0.152 e. The molecule has 1 aromatic rings. The minimum absolute atomic E-state index is 0.198. The highest BCUT2D eigenvalue weighted by Gasteiger charge is 2.21. The van der Waals surface area contributed by atoms with Crippen LogP contribution in [0.3, 0.4) is 0 Å². The van der Waals surface area contributed by atoms with E-state index in [2.05, 4.69) is 15.9 Å². The van der Waals surface area contributed by atoms with Gasteiger partial charge in [-0.25, -0.2) is 12.8 Å². The predicted octanol–water partition coefficient (Wildman–Crippen LogP) is 1.82. The van der Waals surface area contributed by atoms with Crippen LogP contribution >= 0.6 is 15.9 Å². The number of halogens is 2. The molecule has 1 aromatic carbocycles. The lowest BCUT2D eigenvalue weighted by atomic mass is 10.2. The molecule has 0 saturated carbocycles. The summed E-state index contributed by atoms with van der Waals surface area (Å²) >= 11 is 3.24. The van der Waals surface area contributed by atoms with Crippen molar-refractivity contribution in [2.45, 2.75) is 6.54 Å². The van der Waals surface area contributed by atoms with Gasteiger partial charge in [0.1, 0.15) is 5.82 Å². The van der Waals surface area contributed by atoms with Gasteiger partial charge in [0.05, 0.1) is 11.5 Å². The third-order valence-electron chi connectivity index (χ3n) is 2.77. The average Bonchev–Trinajstić information content (AvgIpc) is 2.20. The monoisotopic (exact) mass is 321 g/mol. The molecule has 6 heteroatoms. The molecule has 1 fully saturated rings. The number of nitrogens with zero attached hydrogens (tertiary/aromatic N) is 1. The Morgan fingerprint density at radius 3 is 2.47 bits per heavy atom. The normalized spacial score (nSPS) is 20.4. The molecule has 0 amide bonds. The van der Waals surface area contributed by atoms with E-state index in [4.69, 9.17) is 0 Å². The average molecular weight is 322 g/mol. The fraction of sp³-hybridized carbons (Fsp3) is 0.455. The van der Waals surface area contributed by atoms with Crippen LogP contribution in [0.4, 0.5) is 4.39 Å². The van der Waals surface area contributed by atoms with Crippen molar-refractivity contribution in [3.63, 3.8) is 0 Å². The van der Waals surface area contributed by atoms with Gasteiger partial charge in [0.25, 0.3) is 0 Å². The van der Waals surface area contributed by atoms with Gasteiger partial charge in [-0.1, -0.05) is 15.9 Å². The first-order valence-corrected chi connectivity index (χ1v) is 7.94. The fourth-order valence-corrected chi connectivity index (χ4v) is 3.66. The second-order valence-electron chi connectivity index (χ2n) is 4.21. The summed E-state index contributed by atoms with van der Waals surface area (Å²) in [7, 11) is -2.85. The number of sulfone groups is 1. The van der Waals surface area contributed by atoms with Crippen molar-refractivity contribution in [1.29, 1.82) is 0 Å². The van der Waals surface area contributed by atoms with Crippen LogP contribution in [-0.2, 0) is 16.4 Å². The largest absolute Gasteiger partial charge is 0.297 e. The van der Waals surface area contributed by atoms with Gasteiger partial charge < -0.3 is 0 Å². The van der Waals surface area contributed by atoms with Crippen molar-refractivity contribution >= 4 is 25.8 Å². The van der Waals surface area contributed by atoms with Gasteiger partial charge in [-0.2, -0.15) is 0 Å². The Labute approximate surface area is 109 Å². The van der Waals surface area contributed by atoms with E-state index in [1.807, 2.05) is 11.0 Å². The van der Waals surface area contributed by atoms with Crippen LogP contribution in [0.1, 0.15) is 5.56 Å². The third kappa shape index (κ3) is 3.76.